The van der Waals surface area contributed by atoms with Crippen LogP contribution in [0.5, 0.6) is 0 Å². The monoisotopic (exact) mass is 323 g/mol. The van der Waals surface area contributed by atoms with E-state index in [-0.39, 0.29) is 5.82 Å². The molecule has 3 aromatic rings. The zero-order valence-electron chi connectivity index (χ0n) is 10.9. The Morgan fingerprint density at radius 2 is 2.00 bits per heavy atom. The van der Waals surface area contributed by atoms with Gasteiger partial charge in [0.05, 0.1) is 11.0 Å². The molecule has 0 aliphatic heterocycles. The summed E-state index contributed by atoms with van der Waals surface area (Å²) in [5, 5.41) is 7.31. The predicted octanol–water partition coefficient (Wildman–Crippen LogP) is 2.99. The second kappa shape index (κ2) is 5.40. The third-order valence-corrected chi connectivity index (χ3v) is 3.06. The van der Waals surface area contributed by atoms with Crippen molar-refractivity contribution in [2.24, 2.45) is 7.05 Å². The highest BCUT2D eigenvalue weighted by Gasteiger charge is 2.16. The van der Waals surface area contributed by atoms with Crippen molar-refractivity contribution in [1.29, 1.82) is 0 Å². The molecule has 0 atom stereocenters. The van der Waals surface area contributed by atoms with Crippen LogP contribution in [0, 0.1) is 0 Å². The van der Waals surface area contributed by atoms with E-state index in [0.29, 0.717) is 11.5 Å². The van der Waals surface area contributed by atoms with Gasteiger partial charge in [0.15, 0.2) is 17.3 Å². The van der Waals surface area contributed by atoms with Crippen molar-refractivity contribution >= 4 is 32.8 Å². The van der Waals surface area contributed by atoms with Gasteiger partial charge >= 0.3 is 0 Å². The Hall–Kier alpha value is -1.89. The first-order valence-electron chi connectivity index (χ1n) is 5.87. The summed E-state index contributed by atoms with van der Waals surface area (Å²) in [6, 6.07) is 5.86. The van der Waals surface area contributed by atoms with Crippen molar-refractivity contribution in [2.45, 2.75) is 13.8 Å². The van der Waals surface area contributed by atoms with Crippen LogP contribution in [0.3, 0.4) is 0 Å². The van der Waals surface area contributed by atoms with E-state index in [4.69, 9.17) is 5.73 Å². The van der Waals surface area contributed by atoms with Crippen LogP contribution in [0.15, 0.2) is 27.3 Å². The van der Waals surface area contributed by atoms with E-state index >= 15 is 0 Å². The van der Waals surface area contributed by atoms with Gasteiger partial charge in [-0.05, 0) is 28.5 Å². The number of halogens is 1. The Morgan fingerprint density at radius 1 is 1.26 bits per heavy atom. The molecule has 7 heteroatoms. The Labute approximate surface area is 118 Å². The van der Waals surface area contributed by atoms with Crippen molar-refractivity contribution in [3.05, 3.63) is 22.7 Å². The first-order valence-corrected chi connectivity index (χ1v) is 6.66. The molecule has 0 spiro atoms. The summed E-state index contributed by atoms with van der Waals surface area (Å²) in [6.45, 7) is 4.00. The molecule has 0 saturated heterocycles. The van der Waals surface area contributed by atoms with Gasteiger partial charge in [-0.15, -0.1) is 0 Å². The largest absolute Gasteiger partial charge is 0.379 e. The normalized spacial score (nSPS) is 10.3. The molecule has 0 amide bonds. The van der Waals surface area contributed by atoms with Gasteiger partial charge < -0.3 is 10.3 Å². The van der Waals surface area contributed by atoms with Crippen LogP contribution < -0.4 is 5.73 Å². The summed E-state index contributed by atoms with van der Waals surface area (Å²) < 4.78 is 7.46. The van der Waals surface area contributed by atoms with Crippen molar-refractivity contribution in [3.8, 4) is 11.5 Å². The third kappa shape index (κ3) is 2.33. The molecule has 6 nitrogen and oxygen atoms in total. The molecule has 0 bridgehead atoms. The fraction of sp³-hybridized carbons (Fsp3) is 0.250. The van der Waals surface area contributed by atoms with Crippen LogP contribution in [0.25, 0.3) is 22.6 Å². The molecule has 0 aliphatic carbocycles. The van der Waals surface area contributed by atoms with E-state index in [1.54, 1.807) is 0 Å². The van der Waals surface area contributed by atoms with Crippen LogP contribution in [0.2, 0.25) is 0 Å². The van der Waals surface area contributed by atoms with E-state index in [1.807, 2.05) is 43.7 Å². The van der Waals surface area contributed by atoms with Crippen molar-refractivity contribution < 1.29 is 4.63 Å². The highest BCUT2D eigenvalue weighted by Crippen LogP contribution is 2.26. The minimum absolute atomic E-state index is 0.238. The molecule has 19 heavy (non-hydrogen) atoms. The number of nitrogens with two attached hydrogens (primary N) is 1. The number of anilines is 1. The summed E-state index contributed by atoms with van der Waals surface area (Å²) in [7, 11) is 1.90. The Bertz CT molecular complexity index is 703. The minimum Gasteiger partial charge on any atom is -0.379 e. The number of fused-ring (bicyclic) bond motifs is 1. The van der Waals surface area contributed by atoms with Gasteiger partial charge in [-0.3, -0.25) is 0 Å². The van der Waals surface area contributed by atoms with Crippen LogP contribution in [0.4, 0.5) is 5.82 Å². The number of nitrogen functional groups attached to an aromatic ring is 1. The zero-order chi connectivity index (χ0) is 14.0. The van der Waals surface area contributed by atoms with E-state index in [0.717, 1.165) is 15.5 Å². The fourth-order valence-electron chi connectivity index (χ4n) is 1.74. The molecule has 1 aromatic carbocycles. The lowest BCUT2D eigenvalue weighted by Gasteiger charge is -1.98. The summed E-state index contributed by atoms with van der Waals surface area (Å²) in [5.74, 6) is 0.874. The van der Waals surface area contributed by atoms with Crippen LogP contribution in [-0.4, -0.2) is 19.9 Å². The Kier molecular flexibility index (Phi) is 3.84. The number of nitrogens with zero attached hydrogens (tertiary/aromatic N) is 4. The van der Waals surface area contributed by atoms with E-state index in [1.165, 1.54) is 0 Å². The SMILES string of the molecule is CC.Cn1c(-c2nonc2N)nc2cc(Br)ccc21. The molecule has 0 aliphatic rings. The highest BCUT2D eigenvalue weighted by atomic mass is 79.9. The number of hydrogen-bond acceptors (Lipinski definition) is 5. The molecule has 0 unspecified atom stereocenters. The first-order chi connectivity index (χ1) is 9.16. The standard InChI is InChI=1S/C10H8BrN5O.C2H6/c1-16-7-3-2-5(11)4-6(7)13-10(16)8-9(12)15-17-14-8;1-2/h2-4H,1H3,(H2,12,15);1-2H3. The molecule has 2 N–H and O–H groups in total. The molecule has 0 fully saturated rings. The summed E-state index contributed by atoms with van der Waals surface area (Å²) in [4.78, 5) is 4.47. The van der Waals surface area contributed by atoms with Gasteiger partial charge in [-0.25, -0.2) is 9.61 Å². The van der Waals surface area contributed by atoms with Crippen molar-refractivity contribution in [2.75, 3.05) is 5.73 Å². The van der Waals surface area contributed by atoms with E-state index < -0.39 is 0 Å². The second-order valence-electron chi connectivity index (χ2n) is 3.63. The number of aryl methyl sites for hydroxylation is 1. The molecule has 2 heterocycles. The van der Waals surface area contributed by atoms with Crippen LogP contribution in [-0.2, 0) is 7.05 Å². The van der Waals surface area contributed by atoms with Gasteiger partial charge in [0.25, 0.3) is 0 Å². The topological polar surface area (TPSA) is 82.8 Å². The van der Waals surface area contributed by atoms with Gasteiger partial charge in [0, 0.05) is 11.5 Å². The summed E-state index contributed by atoms with van der Waals surface area (Å²) >= 11 is 3.41. The lowest BCUT2D eigenvalue weighted by molar-refractivity contribution is 0.310. The molecule has 0 radical (unpaired) electrons. The van der Waals surface area contributed by atoms with Crippen molar-refractivity contribution in [3.63, 3.8) is 0 Å². The van der Waals surface area contributed by atoms with E-state index in [2.05, 4.69) is 35.9 Å². The molecule has 100 valence electrons. The first kappa shape index (κ1) is 13.5. The van der Waals surface area contributed by atoms with Gasteiger partial charge in [-0.1, -0.05) is 29.8 Å². The lowest BCUT2D eigenvalue weighted by atomic mass is 10.3. The molecular weight excluding hydrogens is 310 g/mol. The molecule has 0 saturated carbocycles. The average molecular weight is 324 g/mol. The summed E-state index contributed by atoms with van der Waals surface area (Å²) in [5.41, 5.74) is 7.97. The number of aromatic nitrogens is 4. The smallest absolute Gasteiger partial charge is 0.199 e. The molecule has 2 aromatic heterocycles. The number of rotatable bonds is 1. The van der Waals surface area contributed by atoms with Gasteiger partial charge in [0.2, 0.25) is 0 Å². The maximum atomic E-state index is 5.66. The summed E-state index contributed by atoms with van der Waals surface area (Å²) in [6.07, 6.45) is 0. The van der Waals surface area contributed by atoms with Gasteiger partial charge in [-0.2, -0.15) is 0 Å². The predicted molar refractivity (Wildman–Crippen MR) is 77.5 cm³/mol. The zero-order valence-corrected chi connectivity index (χ0v) is 12.5. The van der Waals surface area contributed by atoms with Crippen LogP contribution >= 0.6 is 15.9 Å². The lowest BCUT2D eigenvalue weighted by Crippen LogP contribution is -1.96. The maximum absolute atomic E-state index is 5.66. The average Bonchev–Trinajstić information content (AvgIpc) is 2.96. The van der Waals surface area contributed by atoms with Crippen molar-refractivity contribution in [1.82, 2.24) is 19.9 Å². The number of imidazole rings is 1. The Balaban J connectivity index is 0.000000637. The number of benzene rings is 1. The maximum Gasteiger partial charge on any atom is 0.199 e. The highest BCUT2D eigenvalue weighted by molar-refractivity contribution is 9.10. The molecule has 3 rings (SSSR count). The van der Waals surface area contributed by atoms with Crippen LogP contribution in [0.1, 0.15) is 13.8 Å². The third-order valence-electron chi connectivity index (χ3n) is 2.57. The minimum atomic E-state index is 0.238. The van der Waals surface area contributed by atoms with E-state index in [9.17, 15) is 0 Å². The second-order valence-corrected chi connectivity index (χ2v) is 4.54. The quantitative estimate of drug-likeness (QED) is 0.744. The number of hydrogen-bond donors (Lipinski definition) is 1. The Morgan fingerprint density at radius 3 is 2.63 bits per heavy atom. The fourth-order valence-corrected chi connectivity index (χ4v) is 2.08. The molecular formula is C12H14BrN5O. The van der Waals surface area contributed by atoms with Gasteiger partial charge in [0.1, 0.15) is 0 Å².